The first kappa shape index (κ1) is 18.6. The molecule has 2 aromatic heterocycles. The Labute approximate surface area is 155 Å². The lowest BCUT2D eigenvalue weighted by atomic mass is 10.1. The molecule has 0 radical (unpaired) electrons. The molecule has 0 saturated carbocycles. The lowest BCUT2D eigenvalue weighted by Crippen LogP contribution is -2.10. The van der Waals surface area contributed by atoms with Crippen molar-refractivity contribution in [1.29, 1.82) is 0 Å². The number of hydrogen-bond acceptors (Lipinski definition) is 6. The maximum absolute atomic E-state index is 13.9. The summed E-state index contributed by atoms with van der Waals surface area (Å²) in [7, 11) is 0. The minimum Gasteiger partial charge on any atom is -0.474 e. The second-order valence-electron chi connectivity index (χ2n) is 6.23. The highest BCUT2D eigenvalue weighted by atomic mass is 19.1. The molecule has 1 atom stereocenters. The molecule has 0 aliphatic rings. The maximum Gasteiger partial charge on any atom is 0.234 e. The van der Waals surface area contributed by atoms with E-state index in [1.807, 2.05) is 13.8 Å². The molecular formula is C18H20F2N6O. The Balaban J connectivity index is 1.69. The van der Waals surface area contributed by atoms with Gasteiger partial charge in [-0.15, -0.1) is 5.10 Å². The smallest absolute Gasteiger partial charge is 0.234 e. The number of nitrogens with zero attached hydrogens (tertiary/aromatic N) is 3. The molecule has 3 rings (SSSR count). The third-order valence-electron chi connectivity index (χ3n) is 3.63. The van der Waals surface area contributed by atoms with Gasteiger partial charge in [-0.3, -0.25) is 5.10 Å². The molecule has 7 nitrogen and oxygen atoms in total. The van der Waals surface area contributed by atoms with Crippen LogP contribution in [0.4, 0.5) is 26.2 Å². The lowest BCUT2D eigenvalue weighted by Gasteiger charge is -2.16. The third-order valence-corrected chi connectivity index (χ3v) is 3.63. The molecule has 0 bridgehead atoms. The van der Waals surface area contributed by atoms with E-state index in [9.17, 15) is 8.78 Å². The average molecular weight is 374 g/mol. The molecule has 1 unspecified atom stereocenters. The van der Waals surface area contributed by atoms with Crippen LogP contribution in [0.5, 0.6) is 5.88 Å². The van der Waals surface area contributed by atoms with Gasteiger partial charge in [0.05, 0.1) is 12.1 Å². The van der Waals surface area contributed by atoms with Gasteiger partial charge < -0.3 is 15.4 Å². The van der Waals surface area contributed by atoms with E-state index in [1.165, 1.54) is 18.5 Å². The monoisotopic (exact) mass is 374 g/mol. The van der Waals surface area contributed by atoms with Crippen molar-refractivity contribution in [2.24, 2.45) is 0 Å². The molecule has 9 heteroatoms. The van der Waals surface area contributed by atoms with E-state index in [2.05, 4.69) is 30.8 Å². The van der Waals surface area contributed by atoms with Crippen LogP contribution in [-0.2, 0) is 0 Å². The van der Waals surface area contributed by atoms with Crippen molar-refractivity contribution < 1.29 is 13.5 Å². The number of aromatic nitrogens is 4. The van der Waals surface area contributed by atoms with Gasteiger partial charge in [0.1, 0.15) is 35.4 Å². The van der Waals surface area contributed by atoms with Gasteiger partial charge in [-0.1, -0.05) is 6.07 Å². The summed E-state index contributed by atoms with van der Waals surface area (Å²) >= 11 is 0. The number of benzene rings is 1. The summed E-state index contributed by atoms with van der Waals surface area (Å²) in [6, 6.07) is 6.46. The predicted octanol–water partition coefficient (Wildman–Crippen LogP) is 4.18. The van der Waals surface area contributed by atoms with Gasteiger partial charge in [-0.2, -0.15) is 0 Å². The van der Waals surface area contributed by atoms with Gasteiger partial charge >= 0.3 is 0 Å². The Bertz CT molecular complexity index is 914. The summed E-state index contributed by atoms with van der Waals surface area (Å²) in [5.41, 5.74) is 0.341. The van der Waals surface area contributed by atoms with Gasteiger partial charge in [0.25, 0.3) is 0 Å². The molecule has 0 aliphatic carbocycles. The van der Waals surface area contributed by atoms with Gasteiger partial charge in [-0.25, -0.2) is 18.7 Å². The highest BCUT2D eigenvalue weighted by Crippen LogP contribution is 2.23. The highest BCUT2D eigenvalue weighted by Gasteiger charge is 2.13. The first-order valence-corrected chi connectivity index (χ1v) is 8.43. The topological polar surface area (TPSA) is 87.8 Å². The number of H-pyrrole nitrogens is 1. The van der Waals surface area contributed by atoms with Crippen LogP contribution in [0.25, 0.3) is 0 Å². The van der Waals surface area contributed by atoms with Crippen LogP contribution in [0.3, 0.4) is 0 Å². The average Bonchev–Trinajstić information content (AvgIpc) is 3.01. The van der Waals surface area contributed by atoms with Crippen LogP contribution in [0.15, 0.2) is 36.7 Å². The van der Waals surface area contributed by atoms with Crippen LogP contribution < -0.4 is 15.4 Å². The Morgan fingerprint density at radius 1 is 1.04 bits per heavy atom. The minimum absolute atomic E-state index is 0.0179. The third kappa shape index (κ3) is 4.90. The Morgan fingerprint density at radius 3 is 2.56 bits per heavy atom. The Kier molecular flexibility index (Phi) is 5.49. The number of aromatic amines is 1. The predicted molar refractivity (Wildman–Crippen MR) is 98.1 cm³/mol. The summed E-state index contributed by atoms with van der Waals surface area (Å²) in [5.74, 6) is 0.851. The van der Waals surface area contributed by atoms with Crippen LogP contribution in [-0.4, -0.2) is 26.3 Å². The van der Waals surface area contributed by atoms with E-state index in [0.717, 1.165) is 6.07 Å². The van der Waals surface area contributed by atoms with Crippen molar-refractivity contribution in [1.82, 2.24) is 20.2 Å². The molecule has 2 heterocycles. The highest BCUT2D eigenvalue weighted by molar-refractivity contribution is 5.56. The van der Waals surface area contributed by atoms with E-state index in [1.54, 1.807) is 19.1 Å². The second-order valence-corrected chi connectivity index (χ2v) is 6.23. The molecule has 0 aliphatic heterocycles. The van der Waals surface area contributed by atoms with Gasteiger partial charge in [0, 0.05) is 23.8 Å². The Hall–Kier alpha value is -3.23. The molecule has 3 aromatic rings. The summed E-state index contributed by atoms with van der Waals surface area (Å²) in [5, 5.41) is 13.0. The molecule has 0 saturated heterocycles. The van der Waals surface area contributed by atoms with Crippen LogP contribution in [0, 0.1) is 11.6 Å². The lowest BCUT2D eigenvalue weighted by molar-refractivity contribution is 0.232. The normalized spacial score (nSPS) is 12.1. The molecule has 0 amide bonds. The van der Waals surface area contributed by atoms with Gasteiger partial charge in [0.2, 0.25) is 5.88 Å². The van der Waals surface area contributed by atoms with Crippen molar-refractivity contribution >= 4 is 17.5 Å². The van der Waals surface area contributed by atoms with Crippen LogP contribution in [0.1, 0.15) is 32.4 Å². The molecule has 0 spiro atoms. The summed E-state index contributed by atoms with van der Waals surface area (Å²) in [4.78, 5) is 8.27. The first-order valence-electron chi connectivity index (χ1n) is 8.43. The van der Waals surface area contributed by atoms with E-state index < -0.39 is 17.7 Å². The fraction of sp³-hybridized carbons (Fsp3) is 0.278. The zero-order valence-corrected chi connectivity index (χ0v) is 15.1. The SMILES string of the molecule is CC(C)Oc1cc(Nc2cc(NC(C)c3ccc(F)cc3F)ncn2)[nH]n1. The number of ether oxygens (including phenoxy) is 1. The van der Waals surface area contributed by atoms with Crippen molar-refractivity contribution in [2.45, 2.75) is 32.9 Å². The number of hydrogen-bond donors (Lipinski definition) is 3. The molecule has 27 heavy (non-hydrogen) atoms. The van der Waals surface area contributed by atoms with Gasteiger partial charge in [0.15, 0.2) is 0 Å². The summed E-state index contributed by atoms with van der Waals surface area (Å²) in [6.45, 7) is 5.58. The van der Waals surface area contributed by atoms with Crippen molar-refractivity contribution in [3.8, 4) is 5.88 Å². The number of halogens is 2. The summed E-state index contributed by atoms with van der Waals surface area (Å²) < 4.78 is 32.5. The van der Waals surface area contributed by atoms with Crippen LogP contribution >= 0.6 is 0 Å². The fourth-order valence-electron chi connectivity index (χ4n) is 2.46. The molecule has 1 aromatic carbocycles. The zero-order valence-electron chi connectivity index (χ0n) is 15.1. The van der Waals surface area contributed by atoms with Crippen molar-refractivity contribution in [3.63, 3.8) is 0 Å². The van der Waals surface area contributed by atoms with Crippen LogP contribution in [0.2, 0.25) is 0 Å². The number of anilines is 3. The van der Waals surface area contributed by atoms with E-state index in [4.69, 9.17) is 4.74 Å². The van der Waals surface area contributed by atoms with Crippen molar-refractivity contribution in [3.05, 3.63) is 53.9 Å². The number of rotatable bonds is 7. The zero-order chi connectivity index (χ0) is 19.4. The second kappa shape index (κ2) is 7.98. The quantitative estimate of drug-likeness (QED) is 0.575. The molecule has 0 fully saturated rings. The maximum atomic E-state index is 13.9. The van der Waals surface area contributed by atoms with E-state index >= 15 is 0 Å². The number of nitrogens with one attached hydrogen (secondary N) is 3. The minimum atomic E-state index is -0.614. The fourth-order valence-corrected chi connectivity index (χ4v) is 2.46. The Morgan fingerprint density at radius 2 is 1.81 bits per heavy atom. The standard InChI is InChI=1S/C18H20F2N6O/c1-10(2)27-18-8-17(25-26-18)24-16-7-15(21-9-22-16)23-11(3)13-5-4-12(19)6-14(13)20/h4-11H,1-3H3,(H3,21,22,23,24,25,26). The van der Waals surface area contributed by atoms with Crippen molar-refractivity contribution in [2.75, 3.05) is 10.6 Å². The van der Waals surface area contributed by atoms with Gasteiger partial charge in [-0.05, 0) is 26.8 Å². The van der Waals surface area contributed by atoms with E-state index in [-0.39, 0.29) is 6.10 Å². The largest absolute Gasteiger partial charge is 0.474 e. The molecule has 3 N–H and O–H groups in total. The first-order chi connectivity index (χ1) is 12.9. The molecular weight excluding hydrogens is 354 g/mol. The van der Waals surface area contributed by atoms with E-state index in [0.29, 0.717) is 28.9 Å². The summed E-state index contributed by atoms with van der Waals surface area (Å²) in [6.07, 6.45) is 1.39. The molecule has 142 valence electrons.